The Morgan fingerprint density at radius 1 is 1.24 bits per heavy atom. The molecule has 1 saturated heterocycles. The summed E-state index contributed by atoms with van der Waals surface area (Å²) in [6.07, 6.45) is 4.07. The van der Waals surface area contributed by atoms with Gasteiger partial charge in [-0.25, -0.2) is 0 Å². The minimum atomic E-state index is -0.290. The summed E-state index contributed by atoms with van der Waals surface area (Å²) in [6, 6.07) is 9.06. The second-order valence-electron chi connectivity index (χ2n) is 6.60. The number of nitrogens with one attached hydrogen (secondary N) is 3. The Kier molecular flexibility index (Phi) is 9.88. The van der Waals surface area contributed by atoms with Crippen LogP contribution in [0, 0.1) is 6.92 Å². The standard InChI is InChI=1S/C20H24N4O3.2ClH/c1-13-5-6-16(24-19(25)11-14-4-3-8-22-14)18(10-13)27-15-7-9-23-17(12-15)20(26)21-2;;/h5-7,9-10,12,14,22H,3-4,8,11H2,1-2H3,(H,21,26)(H,24,25);2*1H. The van der Waals surface area contributed by atoms with Crippen molar-refractivity contribution < 1.29 is 14.3 Å². The Morgan fingerprint density at radius 3 is 2.72 bits per heavy atom. The van der Waals surface area contributed by atoms with E-state index in [-0.39, 0.29) is 48.4 Å². The van der Waals surface area contributed by atoms with Crippen LogP contribution in [0.15, 0.2) is 36.5 Å². The first-order chi connectivity index (χ1) is 13.0. The van der Waals surface area contributed by atoms with Crippen LogP contribution >= 0.6 is 24.8 Å². The Hall–Kier alpha value is -2.35. The minimum Gasteiger partial charge on any atom is -0.455 e. The van der Waals surface area contributed by atoms with Gasteiger partial charge in [0.25, 0.3) is 5.91 Å². The molecule has 1 aromatic carbocycles. The van der Waals surface area contributed by atoms with Gasteiger partial charge in [-0.15, -0.1) is 24.8 Å². The van der Waals surface area contributed by atoms with E-state index in [1.807, 2.05) is 25.1 Å². The van der Waals surface area contributed by atoms with Crippen molar-refractivity contribution in [3.05, 3.63) is 47.8 Å². The molecule has 2 amide bonds. The van der Waals surface area contributed by atoms with Crippen molar-refractivity contribution in [1.29, 1.82) is 0 Å². The van der Waals surface area contributed by atoms with Gasteiger partial charge in [-0.05, 0) is 50.1 Å². The summed E-state index contributed by atoms with van der Waals surface area (Å²) in [5.41, 5.74) is 1.86. The van der Waals surface area contributed by atoms with Crippen molar-refractivity contribution in [2.24, 2.45) is 0 Å². The number of pyridine rings is 1. The van der Waals surface area contributed by atoms with Crippen LogP contribution in [0.4, 0.5) is 5.69 Å². The minimum absolute atomic E-state index is 0. The number of aryl methyl sites for hydroxylation is 1. The Morgan fingerprint density at radius 2 is 2.03 bits per heavy atom. The molecule has 0 spiro atoms. The lowest BCUT2D eigenvalue weighted by molar-refractivity contribution is -0.116. The predicted molar refractivity (Wildman–Crippen MR) is 118 cm³/mol. The number of rotatable bonds is 6. The first-order valence-electron chi connectivity index (χ1n) is 9.05. The van der Waals surface area contributed by atoms with Gasteiger partial charge in [-0.1, -0.05) is 6.07 Å². The number of carbonyl (C=O) groups excluding carboxylic acids is 2. The first-order valence-corrected chi connectivity index (χ1v) is 9.05. The number of nitrogens with zero attached hydrogens (tertiary/aromatic N) is 1. The molecule has 29 heavy (non-hydrogen) atoms. The average Bonchev–Trinajstić information content (AvgIpc) is 3.16. The predicted octanol–water partition coefficient (Wildman–Crippen LogP) is 3.47. The highest BCUT2D eigenvalue weighted by Gasteiger charge is 2.19. The molecule has 3 rings (SSSR count). The summed E-state index contributed by atoms with van der Waals surface area (Å²) < 4.78 is 5.95. The van der Waals surface area contributed by atoms with Crippen LogP contribution in [0.3, 0.4) is 0 Å². The van der Waals surface area contributed by atoms with E-state index in [2.05, 4.69) is 20.9 Å². The monoisotopic (exact) mass is 440 g/mol. The number of anilines is 1. The van der Waals surface area contributed by atoms with E-state index in [1.165, 1.54) is 6.20 Å². The lowest BCUT2D eigenvalue weighted by Crippen LogP contribution is -2.27. The molecule has 0 aliphatic carbocycles. The third kappa shape index (κ3) is 6.88. The summed E-state index contributed by atoms with van der Waals surface area (Å²) in [7, 11) is 1.55. The maximum Gasteiger partial charge on any atom is 0.269 e. The van der Waals surface area contributed by atoms with Crippen molar-refractivity contribution >= 4 is 42.3 Å². The van der Waals surface area contributed by atoms with Gasteiger partial charge in [0.05, 0.1) is 5.69 Å². The summed E-state index contributed by atoms with van der Waals surface area (Å²) in [4.78, 5) is 28.2. The molecule has 9 heteroatoms. The number of hydrogen-bond acceptors (Lipinski definition) is 5. The van der Waals surface area contributed by atoms with Crippen LogP contribution in [0.5, 0.6) is 11.5 Å². The van der Waals surface area contributed by atoms with Crippen molar-refractivity contribution in [1.82, 2.24) is 15.6 Å². The SMILES string of the molecule is CNC(=O)c1cc(Oc2cc(C)ccc2NC(=O)CC2CCCN2)ccn1.Cl.Cl. The fraction of sp³-hybridized carbons (Fsp3) is 0.350. The van der Waals surface area contributed by atoms with E-state index in [4.69, 9.17) is 4.74 Å². The molecule has 3 N–H and O–H groups in total. The Bertz CT molecular complexity index is 842. The molecule has 0 bridgehead atoms. The van der Waals surface area contributed by atoms with Gasteiger partial charge in [0, 0.05) is 31.8 Å². The Labute approximate surface area is 182 Å². The molecule has 0 saturated carbocycles. The smallest absolute Gasteiger partial charge is 0.269 e. The molecule has 2 aromatic rings. The molecule has 1 aliphatic heterocycles. The third-order valence-electron chi connectivity index (χ3n) is 4.42. The fourth-order valence-electron chi connectivity index (χ4n) is 3.03. The van der Waals surface area contributed by atoms with Crippen LogP contribution in [0.1, 0.15) is 35.3 Å². The molecule has 0 radical (unpaired) electrons. The van der Waals surface area contributed by atoms with E-state index in [0.29, 0.717) is 23.6 Å². The zero-order chi connectivity index (χ0) is 19.2. The first kappa shape index (κ1) is 24.7. The van der Waals surface area contributed by atoms with Gasteiger partial charge in [0.1, 0.15) is 11.4 Å². The molecule has 1 unspecified atom stereocenters. The zero-order valence-electron chi connectivity index (χ0n) is 16.4. The lowest BCUT2D eigenvalue weighted by atomic mass is 10.1. The maximum atomic E-state index is 12.4. The molecule has 7 nitrogen and oxygen atoms in total. The lowest BCUT2D eigenvalue weighted by Gasteiger charge is -2.15. The molecule has 1 aliphatic rings. The molecule has 1 aromatic heterocycles. The fourth-order valence-corrected chi connectivity index (χ4v) is 3.03. The highest BCUT2D eigenvalue weighted by molar-refractivity contribution is 5.93. The summed E-state index contributed by atoms with van der Waals surface area (Å²) in [5.74, 6) is 0.658. The number of halogens is 2. The molecular formula is C20H26Cl2N4O3. The van der Waals surface area contributed by atoms with Crippen LogP contribution in [0.25, 0.3) is 0 Å². The van der Waals surface area contributed by atoms with Gasteiger partial charge in [-0.2, -0.15) is 0 Å². The molecular weight excluding hydrogens is 415 g/mol. The normalized spacial score (nSPS) is 14.9. The van der Waals surface area contributed by atoms with E-state index < -0.39 is 0 Å². The number of benzene rings is 1. The third-order valence-corrected chi connectivity index (χ3v) is 4.42. The van der Waals surface area contributed by atoms with E-state index in [9.17, 15) is 9.59 Å². The second kappa shape index (κ2) is 11.6. The van der Waals surface area contributed by atoms with Gasteiger partial charge in [0.2, 0.25) is 5.91 Å². The quantitative estimate of drug-likeness (QED) is 0.639. The number of carbonyl (C=O) groups is 2. The van der Waals surface area contributed by atoms with Crippen LogP contribution in [-0.2, 0) is 4.79 Å². The van der Waals surface area contributed by atoms with Gasteiger partial charge in [-0.3, -0.25) is 14.6 Å². The zero-order valence-corrected chi connectivity index (χ0v) is 18.0. The molecule has 2 heterocycles. The van der Waals surface area contributed by atoms with Crippen LogP contribution in [-0.4, -0.2) is 36.4 Å². The number of hydrogen-bond donors (Lipinski definition) is 3. The van der Waals surface area contributed by atoms with Crippen molar-refractivity contribution in [2.45, 2.75) is 32.2 Å². The molecule has 1 atom stereocenters. The van der Waals surface area contributed by atoms with E-state index in [1.54, 1.807) is 19.2 Å². The van der Waals surface area contributed by atoms with Gasteiger partial charge in [0.15, 0.2) is 5.75 Å². The van der Waals surface area contributed by atoms with Crippen LogP contribution in [0.2, 0.25) is 0 Å². The largest absolute Gasteiger partial charge is 0.455 e. The Balaban J connectivity index is 0.00000210. The van der Waals surface area contributed by atoms with Crippen molar-refractivity contribution in [3.63, 3.8) is 0 Å². The molecule has 1 fully saturated rings. The summed E-state index contributed by atoms with van der Waals surface area (Å²) >= 11 is 0. The topological polar surface area (TPSA) is 92.4 Å². The van der Waals surface area contributed by atoms with E-state index >= 15 is 0 Å². The number of ether oxygens (including phenoxy) is 1. The highest BCUT2D eigenvalue weighted by Crippen LogP contribution is 2.31. The van der Waals surface area contributed by atoms with Gasteiger partial charge < -0.3 is 20.7 Å². The number of amides is 2. The highest BCUT2D eigenvalue weighted by atomic mass is 35.5. The maximum absolute atomic E-state index is 12.4. The average molecular weight is 441 g/mol. The number of aromatic nitrogens is 1. The summed E-state index contributed by atoms with van der Waals surface area (Å²) in [5, 5.41) is 8.79. The van der Waals surface area contributed by atoms with E-state index in [0.717, 1.165) is 24.9 Å². The molecule has 158 valence electrons. The van der Waals surface area contributed by atoms with Crippen LogP contribution < -0.4 is 20.7 Å². The van der Waals surface area contributed by atoms with Crippen molar-refractivity contribution in [3.8, 4) is 11.5 Å². The van der Waals surface area contributed by atoms with Gasteiger partial charge >= 0.3 is 0 Å². The van der Waals surface area contributed by atoms with Crippen molar-refractivity contribution in [2.75, 3.05) is 18.9 Å². The summed E-state index contributed by atoms with van der Waals surface area (Å²) in [6.45, 7) is 2.91. The second-order valence-corrected chi connectivity index (χ2v) is 6.60.